The van der Waals surface area contributed by atoms with Crippen molar-refractivity contribution in [3.05, 3.63) is 0 Å². The van der Waals surface area contributed by atoms with Gasteiger partial charge in [0.25, 0.3) is 0 Å². The van der Waals surface area contributed by atoms with E-state index in [1.54, 1.807) is 0 Å². The first-order valence-corrected chi connectivity index (χ1v) is 5.35. The van der Waals surface area contributed by atoms with Crippen LogP contribution < -0.4 is 0 Å². The number of halogens is 1. The second-order valence-electron chi connectivity index (χ2n) is 3.60. The van der Waals surface area contributed by atoms with Crippen LogP contribution in [0, 0.1) is 11.8 Å². The zero-order valence-corrected chi connectivity index (χ0v) is 8.78. The largest absolute Gasteiger partial charge is 0.251 e. The van der Waals surface area contributed by atoms with Gasteiger partial charge < -0.3 is 0 Å². The maximum atomic E-state index is 12.2. The normalized spacial score (nSPS) is 13.8. The molecule has 0 saturated carbocycles. The third-order valence-electron chi connectivity index (χ3n) is 2.85. The van der Waals surface area contributed by atoms with Crippen molar-refractivity contribution in [1.82, 2.24) is 0 Å². The Balaban J connectivity index is 3.86. The minimum atomic E-state index is -0.138. The van der Waals surface area contributed by atoms with Crippen LogP contribution in [-0.4, -0.2) is 6.67 Å². The molecule has 0 aromatic rings. The number of hydrogen-bond acceptors (Lipinski definition) is 0. The molecule has 0 aliphatic carbocycles. The fourth-order valence-corrected chi connectivity index (χ4v) is 2.08. The van der Waals surface area contributed by atoms with Crippen LogP contribution in [0.2, 0.25) is 0 Å². The van der Waals surface area contributed by atoms with Gasteiger partial charge in [0.1, 0.15) is 0 Å². The molecule has 1 atom stereocenters. The van der Waals surface area contributed by atoms with E-state index in [0.29, 0.717) is 5.92 Å². The van der Waals surface area contributed by atoms with Crippen LogP contribution in [-0.2, 0) is 0 Å². The molecule has 0 saturated heterocycles. The van der Waals surface area contributed by atoms with Crippen molar-refractivity contribution in [2.24, 2.45) is 11.8 Å². The lowest BCUT2D eigenvalue weighted by Crippen LogP contribution is -2.14. The van der Waals surface area contributed by atoms with E-state index in [0.717, 1.165) is 12.3 Å². The molecule has 0 fully saturated rings. The Morgan fingerprint density at radius 2 is 1.50 bits per heavy atom. The van der Waals surface area contributed by atoms with Crippen molar-refractivity contribution in [2.45, 2.75) is 52.9 Å². The molecule has 0 aromatic carbocycles. The summed E-state index contributed by atoms with van der Waals surface area (Å²) in [6.07, 6.45) is 5.60. The molecule has 1 heteroatoms. The molecule has 0 aliphatic rings. The highest BCUT2D eigenvalue weighted by atomic mass is 19.1. The lowest BCUT2D eigenvalue weighted by molar-refractivity contribution is 0.252. The van der Waals surface area contributed by atoms with Crippen LogP contribution in [0.25, 0.3) is 0 Å². The molecule has 0 aromatic heterocycles. The molecule has 0 aliphatic heterocycles. The Hall–Kier alpha value is -0.0700. The maximum absolute atomic E-state index is 12.2. The molecule has 0 rings (SSSR count). The summed E-state index contributed by atoms with van der Waals surface area (Å²) in [7, 11) is 0. The van der Waals surface area contributed by atoms with Gasteiger partial charge in [0, 0.05) is 0 Å². The smallest absolute Gasteiger partial charge is 0.0897 e. The third-order valence-corrected chi connectivity index (χ3v) is 2.85. The average Bonchev–Trinajstić information content (AvgIpc) is 2.07. The van der Waals surface area contributed by atoms with E-state index in [-0.39, 0.29) is 6.67 Å². The summed E-state index contributed by atoms with van der Waals surface area (Å²) >= 11 is 0. The van der Waals surface area contributed by atoms with Gasteiger partial charge in [-0.05, 0) is 18.3 Å². The SMILES string of the molecule is CCCC(CCF)C(CC)CC. The van der Waals surface area contributed by atoms with E-state index in [9.17, 15) is 4.39 Å². The molecule has 0 radical (unpaired) electrons. The summed E-state index contributed by atoms with van der Waals surface area (Å²) in [5, 5.41) is 0. The molecular weight excluding hydrogens is 151 g/mol. The van der Waals surface area contributed by atoms with Gasteiger partial charge in [0.2, 0.25) is 0 Å². The van der Waals surface area contributed by atoms with Crippen LogP contribution in [0.3, 0.4) is 0 Å². The second-order valence-corrected chi connectivity index (χ2v) is 3.60. The van der Waals surface area contributed by atoms with E-state index < -0.39 is 0 Å². The predicted octanol–water partition coefficient (Wildman–Crippen LogP) is 4.20. The van der Waals surface area contributed by atoms with Crippen molar-refractivity contribution < 1.29 is 4.39 Å². The Morgan fingerprint density at radius 1 is 0.917 bits per heavy atom. The van der Waals surface area contributed by atoms with Gasteiger partial charge in [-0.15, -0.1) is 0 Å². The first-order valence-electron chi connectivity index (χ1n) is 5.35. The molecule has 0 nitrogen and oxygen atoms in total. The molecule has 0 amide bonds. The van der Waals surface area contributed by atoms with E-state index >= 15 is 0 Å². The van der Waals surface area contributed by atoms with Gasteiger partial charge in [-0.3, -0.25) is 4.39 Å². The molecule has 0 spiro atoms. The average molecular weight is 174 g/mol. The fraction of sp³-hybridized carbons (Fsp3) is 1.00. The van der Waals surface area contributed by atoms with Gasteiger partial charge in [0.05, 0.1) is 6.67 Å². The van der Waals surface area contributed by atoms with Gasteiger partial charge in [-0.2, -0.15) is 0 Å². The van der Waals surface area contributed by atoms with Crippen LogP contribution in [0.1, 0.15) is 52.9 Å². The number of alkyl halides is 1. The van der Waals surface area contributed by atoms with Gasteiger partial charge in [-0.1, -0.05) is 46.5 Å². The van der Waals surface area contributed by atoms with Crippen molar-refractivity contribution in [1.29, 1.82) is 0 Å². The molecule has 0 N–H and O–H groups in total. The zero-order valence-electron chi connectivity index (χ0n) is 8.78. The van der Waals surface area contributed by atoms with Crippen LogP contribution in [0.5, 0.6) is 0 Å². The molecule has 1 unspecified atom stereocenters. The van der Waals surface area contributed by atoms with E-state index in [4.69, 9.17) is 0 Å². The first kappa shape index (κ1) is 11.9. The summed E-state index contributed by atoms with van der Waals surface area (Å²) in [5.74, 6) is 1.38. The maximum Gasteiger partial charge on any atom is 0.0897 e. The van der Waals surface area contributed by atoms with Crippen molar-refractivity contribution in [2.75, 3.05) is 6.67 Å². The highest BCUT2D eigenvalue weighted by Crippen LogP contribution is 2.26. The molecule has 0 heterocycles. The summed E-state index contributed by atoms with van der Waals surface area (Å²) < 4.78 is 12.2. The van der Waals surface area contributed by atoms with E-state index in [1.165, 1.54) is 25.7 Å². The molecular formula is C11H23F. The van der Waals surface area contributed by atoms with E-state index in [2.05, 4.69) is 20.8 Å². The van der Waals surface area contributed by atoms with E-state index in [1.807, 2.05) is 0 Å². The summed E-state index contributed by atoms with van der Waals surface area (Å²) in [4.78, 5) is 0. The van der Waals surface area contributed by atoms with Crippen LogP contribution in [0.4, 0.5) is 4.39 Å². The highest BCUT2D eigenvalue weighted by Gasteiger charge is 2.16. The van der Waals surface area contributed by atoms with Crippen LogP contribution >= 0.6 is 0 Å². The topological polar surface area (TPSA) is 0 Å². The predicted molar refractivity (Wildman–Crippen MR) is 53.1 cm³/mol. The minimum Gasteiger partial charge on any atom is -0.251 e. The standard InChI is InChI=1S/C11H23F/c1-4-7-11(8-9-12)10(5-2)6-3/h10-11H,4-9H2,1-3H3. The Bertz CT molecular complexity index is 81.0. The number of rotatable bonds is 7. The van der Waals surface area contributed by atoms with Crippen LogP contribution in [0.15, 0.2) is 0 Å². The molecule has 0 bridgehead atoms. The van der Waals surface area contributed by atoms with Crippen molar-refractivity contribution in [3.8, 4) is 0 Å². The Kier molecular flexibility index (Phi) is 7.53. The fourth-order valence-electron chi connectivity index (χ4n) is 2.08. The zero-order chi connectivity index (χ0) is 9.40. The minimum absolute atomic E-state index is 0.138. The Morgan fingerprint density at radius 3 is 1.83 bits per heavy atom. The Labute approximate surface area is 76.6 Å². The lowest BCUT2D eigenvalue weighted by Gasteiger charge is -2.23. The highest BCUT2D eigenvalue weighted by molar-refractivity contribution is 4.67. The van der Waals surface area contributed by atoms with Crippen molar-refractivity contribution in [3.63, 3.8) is 0 Å². The summed E-state index contributed by atoms with van der Waals surface area (Å²) in [6, 6.07) is 0. The van der Waals surface area contributed by atoms with Gasteiger partial charge in [0.15, 0.2) is 0 Å². The summed E-state index contributed by atoms with van der Waals surface area (Å²) in [5.41, 5.74) is 0. The lowest BCUT2D eigenvalue weighted by atomic mass is 9.83. The van der Waals surface area contributed by atoms with Gasteiger partial charge in [-0.25, -0.2) is 0 Å². The number of hydrogen-bond donors (Lipinski definition) is 0. The van der Waals surface area contributed by atoms with Crippen molar-refractivity contribution >= 4 is 0 Å². The first-order chi connectivity index (χ1) is 5.79. The third kappa shape index (κ3) is 4.08. The molecule has 12 heavy (non-hydrogen) atoms. The molecule has 74 valence electrons. The van der Waals surface area contributed by atoms with Gasteiger partial charge >= 0.3 is 0 Å². The monoisotopic (exact) mass is 174 g/mol. The summed E-state index contributed by atoms with van der Waals surface area (Å²) in [6.45, 7) is 6.49. The quantitative estimate of drug-likeness (QED) is 0.542. The second kappa shape index (κ2) is 7.57.